The van der Waals surface area contributed by atoms with E-state index in [2.05, 4.69) is 10.3 Å². The number of aromatic hydroxyl groups is 1. The van der Waals surface area contributed by atoms with Crippen LogP contribution in [0.15, 0.2) is 46.5 Å². The quantitative estimate of drug-likeness (QED) is 0.392. The number of halogens is 3. The maximum Gasteiger partial charge on any atom is 0.347 e. The number of hydrogen-bond donors (Lipinski definition) is 2. The molecular weight excluding hydrogens is 534 g/mol. The highest BCUT2D eigenvalue weighted by Gasteiger charge is 2.41. The lowest BCUT2D eigenvalue weighted by Crippen LogP contribution is -2.24. The summed E-state index contributed by atoms with van der Waals surface area (Å²) in [6.45, 7) is 5.35. The minimum Gasteiger partial charge on any atom is -0.612 e. The number of phenolic OH excluding ortho intramolecular Hbond substituents is 1. The first-order valence-electron chi connectivity index (χ1n) is 10.4. The van der Waals surface area contributed by atoms with Crippen molar-refractivity contribution in [1.82, 2.24) is 4.98 Å². The summed E-state index contributed by atoms with van der Waals surface area (Å²) in [5.41, 5.74) is 2.38. The number of carbonyl (C=O) groups excluding carboxylic acids is 1. The highest BCUT2D eigenvalue weighted by Crippen LogP contribution is 2.41. The van der Waals surface area contributed by atoms with Gasteiger partial charge in [0.05, 0.1) is 21.2 Å². The molecule has 0 aliphatic carbocycles. The molecule has 0 bridgehead atoms. The number of anilines is 1. The van der Waals surface area contributed by atoms with Gasteiger partial charge in [0.25, 0.3) is 5.91 Å². The van der Waals surface area contributed by atoms with Crippen LogP contribution in [0.3, 0.4) is 0 Å². The maximum absolute atomic E-state index is 13.5. The number of phenols is 1. The van der Waals surface area contributed by atoms with Crippen LogP contribution in [0.2, 0.25) is 5.02 Å². The lowest BCUT2D eigenvalue weighted by Gasteiger charge is -2.19. The number of aromatic nitrogens is 1. The van der Waals surface area contributed by atoms with Crippen molar-refractivity contribution in [1.29, 1.82) is 0 Å². The number of sulfone groups is 1. The normalized spacial score (nSPS) is 12.9. The molecule has 0 radical (unpaired) electrons. The molecular formula is C24H23ClF2N2O5S2. The monoisotopic (exact) mass is 556 g/mol. The fraction of sp³-hybridized carbons (Fsp3) is 0.250. The number of aryl methyl sites for hydroxylation is 2. The Labute approximate surface area is 215 Å². The van der Waals surface area contributed by atoms with Crippen molar-refractivity contribution in [2.45, 2.75) is 42.7 Å². The van der Waals surface area contributed by atoms with Crippen LogP contribution in [0.25, 0.3) is 11.1 Å². The molecule has 3 rings (SSSR count). The summed E-state index contributed by atoms with van der Waals surface area (Å²) in [6.07, 6.45) is 4.63. The SMILES string of the molecule is Cc1cncc(C)c1-c1cc([S+](C)[O-])c(C)c(C(=O)Nc2ccc(S(=O)(=O)C(C)(F)F)cc2Cl)c1O. The van der Waals surface area contributed by atoms with E-state index < -0.39 is 37.1 Å². The van der Waals surface area contributed by atoms with Gasteiger partial charge in [0.1, 0.15) is 12.0 Å². The molecule has 0 saturated carbocycles. The first-order valence-corrected chi connectivity index (χ1v) is 13.8. The van der Waals surface area contributed by atoms with Crippen molar-refractivity contribution in [2.75, 3.05) is 11.6 Å². The Hall–Kier alpha value is -2.73. The van der Waals surface area contributed by atoms with Gasteiger partial charge in [-0.3, -0.25) is 9.78 Å². The molecule has 3 aromatic rings. The van der Waals surface area contributed by atoms with Gasteiger partial charge in [-0.25, -0.2) is 8.42 Å². The van der Waals surface area contributed by atoms with Gasteiger partial charge in [0.2, 0.25) is 9.84 Å². The minimum atomic E-state index is -4.98. The summed E-state index contributed by atoms with van der Waals surface area (Å²) in [5, 5.41) is 9.30. The third-order valence-corrected chi connectivity index (χ3v) is 8.79. The maximum atomic E-state index is 13.5. The number of carbonyl (C=O) groups is 1. The average Bonchev–Trinajstić information content (AvgIpc) is 2.75. The molecule has 7 nitrogen and oxygen atoms in total. The number of amides is 1. The Morgan fingerprint density at radius 3 is 2.25 bits per heavy atom. The van der Waals surface area contributed by atoms with Crippen LogP contribution in [0.1, 0.15) is 34.0 Å². The summed E-state index contributed by atoms with van der Waals surface area (Å²) < 4.78 is 63.5. The van der Waals surface area contributed by atoms with Gasteiger partial charge in [-0.05, 0) is 66.8 Å². The van der Waals surface area contributed by atoms with Crippen molar-refractivity contribution < 1.29 is 31.7 Å². The van der Waals surface area contributed by atoms with Gasteiger partial charge < -0.3 is 15.0 Å². The Morgan fingerprint density at radius 2 is 1.75 bits per heavy atom. The molecule has 1 heterocycles. The largest absolute Gasteiger partial charge is 0.612 e. The highest BCUT2D eigenvalue weighted by atomic mass is 35.5. The summed E-state index contributed by atoms with van der Waals surface area (Å²) in [4.78, 5) is 17.0. The Morgan fingerprint density at radius 1 is 1.17 bits per heavy atom. The number of nitrogens with one attached hydrogen (secondary N) is 1. The second-order valence-electron chi connectivity index (χ2n) is 8.28. The standard InChI is InChI=1S/C24H23ClF2N2O5S2/c1-12-10-28-11-13(2)20(12)16-9-19(35(5)32)14(3)21(22(16)30)23(31)29-18-7-6-15(8-17(18)25)36(33,34)24(4,26)27/h6-11,30H,1-5H3,(H,29,31). The van der Waals surface area contributed by atoms with E-state index in [1.54, 1.807) is 32.3 Å². The predicted molar refractivity (Wildman–Crippen MR) is 135 cm³/mol. The van der Waals surface area contributed by atoms with Crippen LogP contribution in [0.5, 0.6) is 5.75 Å². The van der Waals surface area contributed by atoms with E-state index in [1.165, 1.54) is 13.2 Å². The van der Waals surface area contributed by atoms with Crippen molar-refractivity contribution in [3.63, 3.8) is 0 Å². The van der Waals surface area contributed by atoms with Crippen molar-refractivity contribution in [3.05, 3.63) is 63.9 Å². The van der Waals surface area contributed by atoms with E-state index in [0.29, 0.717) is 10.5 Å². The lowest BCUT2D eigenvalue weighted by molar-refractivity contribution is 0.102. The van der Waals surface area contributed by atoms with Crippen molar-refractivity contribution in [3.8, 4) is 16.9 Å². The Balaban J connectivity index is 2.13. The molecule has 12 heteroatoms. The van der Waals surface area contributed by atoms with E-state index in [1.807, 2.05) is 0 Å². The number of hydrogen-bond acceptors (Lipinski definition) is 6. The molecule has 1 atom stereocenters. The molecule has 36 heavy (non-hydrogen) atoms. The molecule has 2 N–H and O–H groups in total. The van der Waals surface area contributed by atoms with E-state index in [-0.39, 0.29) is 40.1 Å². The first kappa shape index (κ1) is 27.9. The van der Waals surface area contributed by atoms with E-state index in [9.17, 15) is 31.7 Å². The number of alkyl halides is 2. The molecule has 1 unspecified atom stereocenters. The van der Waals surface area contributed by atoms with Crippen molar-refractivity contribution in [2.24, 2.45) is 0 Å². The molecule has 2 aromatic carbocycles. The molecule has 1 aromatic heterocycles. The second-order valence-corrected chi connectivity index (χ2v) is 12.2. The van der Waals surface area contributed by atoms with Gasteiger partial charge in [-0.15, -0.1) is 0 Å². The zero-order valence-corrected chi connectivity index (χ0v) is 22.3. The fourth-order valence-corrected chi connectivity index (χ4v) is 5.84. The van der Waals surface area contributed by atoms with Crippen LogP contribution < -0.4 is 5.32 Å². The third-order valence-electron chi connectivity index (χ3n) is 5.61. The van der Waals surface area contributed by atoms with Crippen LogP contribution in [0, 0.1) is 20.8 Å². The summed E-state index contributed by atoms with van der Waals surface area (Å²) >= 11 is 4.59. The van der Waals surface area contributed by atoms with E-state index in [4.69, 9.17) is 11.6 Å². The zero-order chi connectivity index (χ0) is 27.2. The van der Waals surface area contributed by atoms with Gasteiger partial charge in [-0.1, -0.05) is 11.6 Å². The summed E-state index contributed by atoms with van der Waals surface area (Å²) in [5.74, 6) is -1.18. The van der Waals surface area contributed by atoms with Gasteiger partial charge >= 0.3 is 5.25 Å². The number of benzene rings is 2. The molecule has 0 saturated heterocycles. The van der Waals surface area contributed by atoms with Crippen LogP contribution >= 0.6 is 11.6 Å². The van der Waals surface area contributed by atoms with Crippen LogP contribution in [0.4, 0.5) is 14.5 Å². The van der Waals surface area contributed by atoms with Crippen LogP contribution in [-0.4, -0.2) is 40.5 Å². The van der Waals surface area contributed by atoms with E-state index >= 15 is 0 Å². The molecule has 192 valence electrons. The molecule has 0 aliphatic rings. The number of rotatable bonds is 6. The molecule has 0 fully saturated rings. The van der Waals surface area contributed by atoms with E-state index in [0.717, 1.165) is 29.3 Å². The van der Waals surface area contributed by atoms with Crippen molar-refractivity contribution >= 4 is 44.2 Å². The number of nitrogens with zero attached hydrogens (tertiary/aromatic N) is 1. The number of pyridine rings is 1. The zero-order valence-electron chi connectivity index (χ0n) is 19.9. The molecule has 0 aliphatic heterocycles. The van der Waals surface area contributed by atoms with Gasteiger partial charge in [0.15, 0.2) is 4.90 Å². The minimum absolute atomic E-state index is 0.0697. The Bertz CT molecular complexity index is 1450. The summed E-state index contributed by atoms with van der Waals surface area (Å²) in [6, 6.07) is 4.34. The van der Waals surface area contributed by atoms with Crippen LogP contribution in [-0.2, 0) is 21.0 Å². The Kier molecular flexibility index (Phi) is 7.71. The lowest BCUT2D eigenvalue weighted by atomic mass is 9.93. The summed E-state index contributed by atoms with van der Waals surface area (Å²) in [7, 11) is -4.98. The molecule has 1 amide bonds. The topological polar surface area (TPSA) is 119 Å². The highest BCUT2D eigenvalue weighted by molar-refractivity contribution is 7.92. The average molecular weight is 557 g/mol. The van der Waals surface area contributed by atoms with Gasteiger partial charge in [-0.2, -0.15) is 8.78 Å². The third kappa shape index (κ3) is 5.06. The first-order chi connectivity index (χ1) is 16.6. The second kappa shape index (κ2) is 9.97. The van der Waals surface area contributed by atoms with Gasteiger partial charge in [0, 0.05) is 36.5 Å². The smallest absolute Gasteiger partial charge is 0.347 e. The fourth-order valence-electron chi connectivity index (χ4n) is 3.79. The predicted octanol–water partition coefficient (Wildman–Crippen LogP) is 5.41. The molecule has 0 spiro atoms.